The summed E-state index contributed by atoms with van der Waals surface area (Å²) in [7, 11) is 0. The van der Waals surface area contributed by atoms with E-state index in [1.165, 1.54) is 11.8 Å². The molecule has 20 heavy (non-hydrogen) atoms. The zero-order valence-electron chi connectivity index (χ0n) is 12.1. The molecular formula is C14H21ClN2O2S. The molecule has 0 aromatic carbocycles. The Morgan fingerprint density at radius 1 is 1.55 bits per heavy atom. The monoisotopic (exact) mass is 316 g/mol. The lowest BCUT2D eigenvalue weighted by atomic mass is 10.1. The third kappa shape index (κ3) is 5.69. The molecule has 1 amide bonds. The molecule has 0 aliphatic heterocycles. The Hall–Kier alpha value is -0.780. The van der Waals surface area contributed by atoms with Crippen LogP contribution in [0.3, 0.4) is 0 Å². The number of carbonyl (C=O) groups is 1. The second-order valence-electron chi connectivity index (χ2n) is 5.03. The molecule has 0 fully saturated rings. The maximum Gasteiger partial charge on any atom is 0.251 e. The minimum Gasteiger partial charge on any atom is -0.387 e. The Balaban J connectivity index is 2.72. The normalized spacial score (nSPS) is 13.8. The molecule has 1 rings (SSSR count). The van der Waals surface area contributed by atoms with Crippen molar-refractivity contribution in [1.29, 1.82) is 0 Å². The summed E-state index contributed by atoms with van der Waals surface area (Å²) >= 11 is 7.46. The van der Waals surface area contributed by atoms with Crippen LogP contribution in [0.15, 0.2) is 12.1 Å². The molecule has 1 heterocycles. The number of hydrogen-bond acceptors (Lipinski definition) is 4. The maximum absolute atomic E-state index is 12.1. The third-order valence-electron chi connectivity index (χ3n) is 2.70. The largest absolute Gasteiger partial charge is 0.387 e. The molecule has 1 aromatic rings. The van der Waals surface area contributed by atoms with Crippen LogP contribution in [0.1, 0.15) is 36.3 Å². The maximum atomic E-state index is 12.1. The molecule has 2 N–H and O–H groups in total. The first-order chi connectivity index (χ1) is 9.38. The number of halogens is 1. The van der Waals surface area contributed by atoms with Crippen LogP contribution in [-0.4, -0.2) is 40.2 Å². The van der Waals surface area contributed by atoms with E-state index in [-0.39, 0.29) is 12.5 Å². The van der Waals surface area contributed by atoms with Gasteiger partial charge in [0.05, 0.1) is 5.60 Å². The van der Waals surface area contributed by atoms with Crippen LogP contribution in [0.2, 0.25) is 5.15 Å². The van der Waals surface area contributed by atoms with Gasteiger partial charge in [0.25, 0.3) is 5.91 Å². The van der Waals surface area contributed by atoms with E-state index >= 15 is 0 Å². The van der Waals surface area contributed by atoms with Gasteiger partial charge in [0, 0.05) is 23.6 Å². The van der Waals surface area contributed by atoms with E-state index in [1.807, 2.05) is 13.2 Å². The second kappa shape index (κ2) is 7.86. The minimum absolute atomic E-state index is 0.204. The van der Waals surface area contributed by atoms with Gasteiger partial charge in [-0.05, 0) is 31.7 Å². The first-order valence-electron chi connectivity index (χ1n) is 6.54. The van der Waals surface area contributed by atoms with E-state index in [9.17, 15) is 9.90 Å². The molecule has 0 bridgehead atoms. The summed E-state index contributed by atoms with van der Waals surface area (Å²) in [5.41, 5.74) is 0.368. The lowest BCUT2D eigenvalue weighted by Gasteiger charge is -2.22. The predicted molar refractivity (Wildman–Crippen MR) is 84.6 cm³/mol. The predicted octanol–water partition coefficient (Wildman–Crippen LogP) is 2.53. The highest BCUT2D eigenvalue weighted by molar-refractivity contribution is 7.98. The van der Waals surface area contributed by atoms with E-state index in [1.54, 1.807) is 19.1 Å². The van der Waals surface area contributed by atoms with E-state index in [4.69, 9.17) is 11.6 Å². The van der Waals surface area contributed by atoms with Gasteiger partial charge in [-0.3, -0.25) is 4.79 Å². The Kier molecular flexibility index (Phi) is 6.79. The Morgan fingerprint density at radius 2 is 2.25 bits per heavy atom. The lowest BCUT2D eigenvalue weighted by molar-refractivity contribution is 0.0725. The van der Waals surface area contributed by atoms with Crippen molar-refractivity contribution in [3.8, 4) is 0 Å². The number of aromatic nitrogens is 1. The van der Waals surface area contributed by atoms with Crippen LogP contribution in [0, 0.1) is 0 Å². The summed E-state index contributed by atoms with van der Waals surface area (Å²) in [5.74, 6) is 0.318. The molecule has 6 heteroatoms. The fourth-order valence-electron chi connectivity index (χ4n) is 1.80. The molecule has 112 valence electrons. The topological polar surface area (TPSA) is 62.2 Å². The van der Waals surface area contributed by atoms with Crippen molar-refractivity contribution in [2.75, 3.05) is 18.6 Å². The van der Waals surface area contributed by atoms with Crippen LogP contribution in [-0.2, 0) is 6.42 Å². The summed E-state index contributed by atoms with van der Waals surface area (Å²) in [5, 5.41) is 13.1. The molecule has 0 aliphatic carbocycles. The van der Waals surface area contributed by atoms with Gasteiger partial charge in [0.15, 0.2) is 0 Å². The molecule has 1 aromatic heterocycles. The van der Waals surface area contributed by atoms with Crippen LogP contribution in [0.25, 0.3) is 0 Å². The summed E-state index contributed by atoms with van der Waals surface area (Å²) < 4.78 is 0. The minimum atomic E-state index is -0.919. The Labute approximate surface area is 129 Å². The smallest absolute Gasteiger partial charge is 0.251 e. The fourth-order valence-corrected chi connectivity index (χ4v) is 2.75. The standard InChI is InChI=1S/C14H21ClN2O2S/c1-4-5-11-6-10(7-12(15)17-11)13(18)16-8-14(2,19)9-20-3/h6-7,19H,4-5,8-9H2,1-3H3,(H,16,18). The highest BCUT2D eigenvalue weighted by Crippen LogP contribution is 2.13. The molecule has 1 unspecified atom stereocenters. The number of nitrogens with zero attached hydrogens (tertiary/aromatic N) is 1. The molecule has 0 saturated carbocycles. The molecule has 0 spiro atoms. The number of pyridine rings is 1. The van der Waals surface area contributed by atoms with Crippen molar-refractivity contribution in [3.63, 3.8) is 0 Å². The van der Waals surface area contributed by atoms with Crippen molar-refractivity contribution in [1.82, 2.24) is 10.3 Å². The van der Waals surface area contributed by atoms with Gasteiger partial charge in [-0.1, -0.05) is 24.9 Å². The van der Waals surface area contributed by atoms with Crippen molar-refractivity contribution in [3.05, 3.63) is 28.5 Å². The summed E-state index contributed by atoms with van der Waals surface area (Å²) in [4.78, 5) is 16.3. The highest BCUT2D eigenvalue weighted by atomic mass is 35.5. The van der Waals surface area contributed by atoms with Gasteiger partial charge >= 0.3 is 0 Å². The van der Waals surface area contributed by atoms with Crippen LogP contribution < -0.4 is 5.32 Å². The van der Waals surface area contributed by atoms with Gasteiger partial charge in [-0.25, -0.2) is 4.98 Å². The summed E-state index contributed by atoms with van der Waals surface area (Å²) in [6, 6.07) is 3.29. The van der Waals surface area contributed by atoms with Crippen LogP contribution in [0.4, 0.5) is 0 Å². The number of aliphatic hydroxyl groups is 1. The third-order valence-corrected chi connectivity index (χ3v) is 3.80. The van der Waals surface area contributed by atoms with Gasteiger partial charge in [0.1, 0.15) is 5.15 Å². The molecule has 4 nitrogen and oxygen atoms in total. The number of amides is 1. The van der Waals surface area contributed by atoms with E-state index in [0.29, 0.717) is 16.5 Å². The number of carbonyl (C=O) groups excluding carboxylic acids is 1. The fraction of sp³-hybridized carbons (Fsp3) is 0.571. The number of aryl methyl sites for hydroxylation is 1. The van der Waals surface area contributed by atoms with Gasteiger partial charge < -0.3 is 10.4 Å². The van der Waals surface area contributed by atoms with Crippen LogP contribution >= 0.6 is 23.4 Å². The quantitative estimate of drug-likeness (QED) is 0.759. The number of nitrogens with one attached hydrogen (secondary N) is 1. The zero-order valence-corrected chi connectivity index (χ0v) is 13.6. The van der Waals surface area contributed by atoms with E-state index in [2.05, 4.69) is 10.3 Å². The molecule has 0 radical (unpaired) electrons. The molecule has 1 atom stereocenters. The van der Waals surface area contributed by atoms with E-state index in [0.717, 1.165) is 18.5 Å². The highest BCUT2D eigenvalue weighted by Gasteiger charge is 2.21. The van der Waals surface area contributed by atoms with Crippen molar-refractivity contribution < 1.29 is 9.90 Å². The zero-order chi connectivity index (χ0) is 15.2. The number of thioether (sulfide) groups is 1. The number of hydrogen-bond donors (Lipinski definition) is 2. The SMILES string of the molecule is CCCc1cc(C(=O)NCC(C)(O)CSC)cc(Cl)n1. The number of rotatable bonds is 7. The second-order valence-corrected chi connectivity index (χ2v) is 6.29. The van der Waals surface area contributed by atoms with Gasteiger partial charge in [-0.2, -0.15) is 11.8 Å². The molecular weight excluding hydrogens is 296 g/mol. The molecule has 0 saturated heterocycles. The van der Waals surface area contributed by atoms with E-state index < -0.39 is 5.60 Å². The summed E-state index contributed by atoms with van der Waals surface area (Å²) in [6.07, 6.45) is 3.64. The average Bonchev–Trinajstić information content (AvgIpc) is 2.35. The van der Waals surface area contributed by atoms with Gasteiger partial charge in [-0.15, -0.1) is 0 Å². The van der Waals surface area contributed by atoms with Crippen LogP contribution in [0.5, 0.6) is 0 Å². The first-order valence-corrected chi connectivity index (χ1v) is 8.31. The van der Waals surface area contributed by atoms with Crippen molar-refractivity contribution >= 4 is 29.3 Å². The lowest BCUT2D eigenvalue weighted by Crippen LogP contribution is -2.42. The summed E-state index contributed by atoms with van der Waals surface area (Å²) in [6.45, 7) is 3.95. The average molecular weight is 317 g/mol. The van der Waals surface area contributed by atoms with Gasteiger partial charge in [0.2, 0.25) is 0 Å². The van der Waals surface area contributed by atoms with Crippen molar-refractivity contribution in [2.24, 2.45) is 0 Å². The molecule has 0 aliphatic rings. The van der Waals surface area contributed by atoms with Crippen molar-refractivity contribution in [2.45, 2.75) is 32.3 Å². The Bertz CT molecular complexity index is 466. The Morgan fingerprint density at radius 3 is 2.85 bits per heavy atom. The first kappa shape index (κ1) is 17.3.